The number of ether oxygens (including phenoxy) is 1. The third-order valence-corrected chi connectivity index (χ3v) is 5.09. The van der Waals surface area contributed by atoms with Crippen molar-refractivity contribution in [2.45, 2.75) is 13.0 Å². The molecule has 1 N–H and O–H groups in total. The Morgan fingerprint density at radius 2 is 1.90 bits per heavy atom. The zero-order chi connectivity index (χ0) is 15.6. The van der Waals surface area contributed by atoms with Gasteiger partial charge in [0.15, 0.2) is 0 Å². The van der Waals surface area contributed by atoms with Gasteiger partial charge in [-0.2, -0.15) is 0 Å². The monoisotopic (exact) mass is 415 g/mol. The van der Waals surface area contributed by atoms with Crippen molar-refractivity contribution >= 4 is 31.9 Å². The first-order valence-electron chi connectivity index (χ1n) is 6.44. The van der Waals surface area contributed by atoms with E-state index in [4.69, 9.17) is 4.74 Å². The van der Waals surface area contributed by atoms with Gasteiger partial charge in [-0.05, 0) is 59.2 Å². The zero-order valence-electron chi connectivity index (χ0n) is 12.0. The Bertz CT molecular complexity index is 661. The molecule has 2 nitrogen and oxygen atoms in total. The third-order valence-electron chi connectivity index (χ3n) is 3.40. The van der Waals surface area contributed by atoms with E-state index in [1.807, 2.05) is 32.2 Å². The predicted octanol–water partition coefficient (Wildman–Crippen LogP) is 4.98. The summed E-state index contributed by atoms with van der Waals surface area (Å²) in [4.78, 5) is 0. The van der Waals surface area contributed by atoms with E-state index in [0.29, 0.717) is 4.47 Å². The van der Waals surface area contributed by atoms with E-state index in [-0.39, 0.29) is 11.9 Å². The molecule has 1 unspecified atom stereocenters. The van der Waals surface area contributed by atoms with Gasteiger partial charge in [-0.1, -0.05) is 28.1 Å². The number of methoxy groups -OCH3 is 1. The van der Waals surface area contributed by atoms with E-state index < -0.39 is 0 Å². The summed E-state index contributed by atoms with van der Waals surface area (Å²) < 4.78 is 20.7. The van der Waals surface area contributed by atoms with Gasteiger partial charge in [-0.3, -0.25) is 0 Å². The Kier molecular flexibility index (Phi) is 5.41. The lowest BCUT2D eigenvalue weighted by molar-refractivity contribution is 0.404. The van der Waals surface area contributed by atoms with E-state index in [9.17, 15) is 4.39 Å². The second-order valence-corrected chi connectivity index (χ2v) is 6.36. The minimum absolute atomic E-state index is 0.179. The molecule has 0 heterocycles. The van der Waals surface area contributed by atoms with Crippen molar-refractivity contribution in [3.05, 3.63) is 61.8 Å². The second-order valence-electron chi connectivity index (χ2n) is 4.71. The van der Waals surface area contributed by atoms with Gasteiger partial charge in [0.05, 0.1) is 17.6 Å². The summed E-state index contributed by atoms with van der Waals surface area (Å²) >= 11 is 6.87. The van der Waals surface area contributed by atoms with E-state index >= 15 is 0 Å². The van der Waals surface area contributed by atoms with Crippen molar-refractivity contribution in [3.63, 3.8) is 0 Å². The normalized spacial score (nSPS) is 12.3. The minimum atomic E-state index is -0.280. The summed E-state index contributed by atoms with van der Waals surface area (Å²) in [7, 11) is 3.48. The summed E-state index contributed by atoms with van der Waals surface area (Å²) in [6, 6.07) is 8.82. The maximum Gasteiger partial charge on any atom is 0.137 e. The largest absolute Gasteiger partial charge is 0.496 e. The molecule has 2 aromatic rings. The molecular weight excluding hydrogens is 401 g/mol. The van der Waals surface area contributed by atoms with Crippen LogP contribution in [0.1, 0.15) is 22.7 Å². The summed E-state index contributed by atoms with van der Waals surface area (Å²) in [5.74, 6) is 0.490. The molecule has 0 aromatic heterocycles. The standard InChI is InChI=1S/C16H16Br2FNO/c1-9-7-14(21-3)11(8-12(9)17)16(20-2)10-5-4-6-13(19)15(10)18/h4-8,16,20H,1-3H3. The first kappa shape index (κ1) is 16.5. The Labute approximate surface area is 141 Å². The van der Waals surface area contributed by atoms with Crippen LogP contribution in [0.3, 0.4) is 0 Å². The van der Waals surface area contributed by atoms with Crippen molar-refractivity contribution in [3.8, 4) is 5.75 Å². The summed E-state index contributed by atoms with van der Waals surface area (Å²) in [5, 5.41) is 3.23. The number of hydrogen-bond donors (Lipinski definition) is 1. The Hall–Kier alpha value is -0.910. The van der Waals surface area contributed by atoms with E-state index in [1.54, 1.807) is 13.2 Å². The minimum Gasteiger partial charge on any atom is -0.496 e. The van der Waals surface area contributed by atoms with Gasteiger partial charge in [0.25, 0.3) is 0 Å². The molecule has 0 fully saturated rings. The van der Waals surface area contributed by atoms with Gasteiger partial charge >= 0.3 is 0 Å². The van der Waals surface area contributed by atoms with Crippen molar-refractivity contribution in [1.82, 2.24) is 5.32 Å². The molecule has 0 saturated heterocycles. The van der Waals surface area contributed by atoms with E-state index in [1.165, 1.54) is 6.07 Å². The predicted molar refractivity (Wildman–Crippen MR) is 90.4 cm³/mol. The highest BCUT2D eigenvalue weighted by molar-refractivity contribution is 9.10. The average Bonchev–Trinajstić information content (AvgIpc) is 2.47. The topological polar surface area (TPSA) is 21.3 Å². The second kappa shape index (κ2) is 6.90. The van der Waals surface area contributed by atoms with E-state index in [2.05, 4.69) is 37.2 Å². The molecular formula is C16H16Br2FNO. The average molecular weight is 417 g/mol. The fraction of sp³-hybridized carbons (Fsp3) is 0.250. The van der Waals surface area contributed by atoms with Crippen LogP contribution in [0, 0.1) is 12.7 Å². The Morgan fingerprint density at radius 1 is 1.19 bits per heavy atom. The Balaban J connectivity index is 2.61. The molecule has 1 atom stereocenters. The van der Waals surface area contributed by atoms with Crippen LogP contribution in [0.15, 0.2) is 39.3 Å². The van der Waals surface area contributed by atoms with Crippen molar-refractivity contribution in [2.75, 3.05) is 14.2 Å². The van der Waals surface area contributed by atoms with Crippen LogP contribution in [0.25, 0.3) is 0 Å². The molecule has 0 bridgehead atoms. The number of halogens is 3. The van der Waals surface area contributed by atoms with E-state index in [0.717, 1.165) is 26.9 Å². The van der Waals surface area contributed by atoms with Gasteiger partial charge in [0, 0.05) is 10.0 Å². The lowest BCUT2D eigenvalue weighted by Gasteiger charge is -2.22. The highest BCUT2D eigenvalue weighted by Crippen LogP contribution is 2.37. The molecule has 0 radical (unpaired) electrons. The molecule has 5 heteroatoms. The quantitative estimate of drug-likeness (QED) is 0.759. The molecule has 0 aliphatic heterocycles. The number of hydrogen-bond acceptors (Lipinski definition) is 2. The summed E-state index contributed by atoms with van der Waals surface area (Å²) in [6.45, 7) is 2.00. The number of rotatable bonds is 4. The lowest BCUT2D eigenvalue weighted by atomic mass is 9.97. The van der Waals surface area contributed by atoms with Gasteiger partial charge in [-0.15, -0.1) is 0 Å². The molecule has 0 aliphatic carbocycles. The molecule has 0 aliphatic rings. The highest BCUT2D eigenvalue weighted by atomic mass is 79.9. The van der Waals surface area contributed by atoms with Crippen LogP contribution in [0.2, 0.25) is 0 Å². The Morgan fingerprint density at radius 3 is 2.52 bits per heavy atom. The third kappa shape index (κ3) is 3.30. The first-order chi connectivity index (χ1) is 9.99. The van der Waals surface area contributed by atoms with Crippen LogP contribution in [0.4, 0.5) is 4.39 Å². The van der Waals surface area contributed by atoms with Crippen molar-refractivity contribution < 1.29 is 9.13 Å². The molecule has 21 heavy (non-hydrogen) atoms. The molecule has 112 valence electrons. The molecule has 0 spiro atoms. The summed E-state index contributed by atoms with van der Waals surface area (Å²) in [6.07, 6.45) is 0. The molecule has 0 saturated carbocycles. The zero-order valence-corrected chi connectivity index (χ0v) is 15.2. The van der Waals surface area contributed by atoms with Gasteiger partial charge in [0.2, 0.25) is 0 Å². The number of aryl methyl sites for hydroxylation is 1. The molecule has 0 amide bonds. The van der Waals surface area contributed by atoms with Crippen LogP contribution < -0.4 is 10.1 Å². The number of benzene rings is 2. The lowest BCUT2D eigenvalue weighted by Crippen LogP contribution is -2.19. The maximum atomic E-state index is 13.8. The number of nitrogens with one attached hydrogen (secondary N) is 1. The van der Waals surface area contributed by atoms with Crippen LogP contribution in [-0.4, -0.2) is 14.2 Å². The fourth-order valence-corrected chi connectivity index (χ4v) is 3.15. The van der Waals surface area contributed by atoms with Crippen LogP contribution in [0.5, 0.6) is 5.75 Å². The molecule has 2 rings (SSSR count). The van der Waals surface area contributed by atoms with Crippen molar-refractivity contribution in [1.29, 1.82) is 0 Å². The van der Waals surface area contributed by atoms with Gasteiger partial charge in [0.1, 0.15) is 11.6 Å². The summed E-state index contributed by atoms with van der Waals surface area (Å²) in [5.41, 5.74) is 2.86. The first-order valence-corrected chi connectivity index (χ1v) is 8.03. The fourth-order valence-electron chi connectivity index (χ4n) is 2.29. The SMILES string of the molecule is CNC(c1cc(Br)c(C)cc1OC)c1cccc(F)c1Br. The van der Waals surface area contributed by atoms with Crippen molar-refractivity contribution in [2.24, 2.45) is 0 Å². The highest BCUT2D eigenvalue weighted by Gasteiger charge is 2.21. The maximum absolute atomic E-state index is 13.8. The molecule has 2 aromatic carbocycles. The van der Waals surface area contributed by atoms with Gasteiger partial charge < -0.3 is 10.1 Å². The smallest absolute Gasteiger partial charge is 0.137 e. The van der Waals surface area contributed by atoms with Crippen LogP contribution >= 0.6 is 31.9 Å². The van der Waals surface area contributed by atoms with Crippen LogP contribution in [-0.2, 0) is 0 Å². The van der Waals surface area contributed by atoms with Gasteiger partial charge in [-0.25, -0.2) is 4.39 Å².